The highest BCUT2D eigenvalue weighted by molar-refractivity contribution is 5.85. The lowest BCUT2D eigenvalue weighted by atomic mass is 10.1. The van der Waals surface area contributed by atoms with E-state index in [9.17, 15) is 9.59 Å². The van der Waals surface area contributed by atoms with Crippen LogP contribution >= 0.6 is 0 Å². The molecule has 0 amide bonds. The van der Waals surface area contributed by atoms with Gasteiger partial charge in [-0.2, -0.15) is 0 Å². The van der Waals surface area contributed by atoms with Gasteiger partial charge in [0.25, 0.3) is 0 Å². The molecular formula is C14H19NO4. The van der Waals surface area contributed by atoms with E-state index in [1.54, 1.807) is 20.8 Å². The van der Waals surface area contributed by atoms with Gasteiger partial charge in [0.2, 0.25) is 0 Å². The van der Waals surface area contributed by atoms with Crippen LogP contribution in [0.1, 0.15) is 26.3 Å². The monoisotopic (exact) mass is 265 g/mol. The van der Waals surface area contributed by atoms with E-state index in [0.29, 0.717) is 6.42 Å². The van der Waals surface area contributed by atoms with Gasteiger partial charge in [0, 0.05) is 0 Å². The van der Waals surface area contributed by atoms with Crippen LogP contribution in [0.4, 0.5) is 4.79 Å². The average molecular weight is 265 g/mol. The molecule has 19 heavy (non-hydrogen) atoms. The minimum Gasteiger partial charge on any atom is -0.428 e. The van der Waals surface area contributed by atoms with Gasteiger partial charge >= 0.3 is 12.1 Å². The zero-order chi connectivity index (χ0) is 14.5. The molecule has 0 bridgehead atoms. The van der Waals surface area contributed by atoms with Crippen LogP contribution in [0.2, 0.25) is 0 Å². The second-order valence-corrected chi connectivity index (χ2v) is 5.18. The van der Waals surface area contributed by atoms with Crippen LogP contribution in [0.25, 0.3) is 0 Å². The van der Waals surface area contributed by atoms with Gasteiger partial charge in [0.05, 0.1) is 0 Å². The molecule has 5 nitrogen and oxygen atoms in total. The van der Waals surface area contributed by atoms with E-state index in [1.807, 2.05) is 30.3 Å². The van der Waals surface area contributed by atoms with Crippen LogP contribution < -0.4 is 5.73 Å². The second kappa shape index (κ2) is 6.33. The SMILES string of the molecule is CC(C)(C)OC(=O)OC(=O)[C@@H](N)Cc1ccccc1. The Morgan fingerprint density at radius 1 is 1.21 bits per heavy atom. The molecule has 0 unspecified atom stereocenters. The minimum absolute atomic E-state index is 0.308. The van der Waals surface area contributed by atoms with E-state index < -0.39 is 23.8 Å². The maximum absolute atomic E-state index is 11.6. The third-order valence-electron chi connectivity index (χ3n) is 2.17. The van der Waals surface area contributed by atoms with Gasteiger partial charge < -0.3 is 15.2 Å². The highest BCUT2D eigenvalue weighted by Crippen LogP contribution is 2.09. The molecular weight excluding hydrogens is 246 g/mol. The molecule has 1 rings (SSSR count). The van der Waals surface area contributed by atoms with Crippen molar-refractivity contribution < 1.29 is 19.1 Å². The molecule has 0 fully saturated rings. The number of esters is 1. The van der Waals surface area contributed by atoms with Gasteiger partial charge in [-0.3, -0.25) is 0 Å². The van der Waals surface area contributed by atoms with E-state index in [4.69, 9.17) is 10.5 Å². The molecule has 0 saturated heterocycles. The van der Waals surface area contributed by atoms with Gasteiger partial charge in [-0.05, 0) is 32.8 Å². The summed E-state index contributed by atoms with van der Waals surface area (Å²) in [6.45, 7) is 5.05. The Bertz CT molecular complexity index is 437. The number of hydrogen-bond donors (Lipinski definition) is 1. The third-order valence-corrected chi connectivity index (χ3v) is 2.17. The summed E-state index contributed by atoms with van der Waals surface area (Å²) in [5.41, 5.74) is 5.87. The smallest absolute Gasteiger partial charge is 0.428 e. The number of carbonyl (C=O) groups is 2. The molecule has 0 radical (unpaired) electrons. The summed E-state index contributed by atoms with van der Waals surface area (Å²) in [5.74, 6) is -0.793. The summed E-state index contributed by atoms with van der Waals surface area (Å²) >= 11 is 0. The predicted molar refractivity (Wildman–Crippen MR) is 70.4 cm³/mol. The van der Waals surface area contributed by atoms with E-state index >= 15 is 0 Å². The summed E-state index contributed by atoms with van der Waals surface area (Å²) in [7, 11) is 0. The Balaban J connectivity index is 2.47. The first-order valence-electron chi connectivity index (χ1n) is 6.02. The lowest BCUT2D eigenvalue weighted by Crippen LogP contribution is -2.37. The molecule has 1 aromatic rings. The molecule has 0 saturated carbocycles. The Morgan fingerprint density at radius 3 is 2.32 bits per heavy atom. The molecule has 0 aliphatic rings. The maximum atomic E-state index is 11.6. The number of benzene rings is 1. The molecule has 5 heteroatoms. The fourth-order valence-corrected chi connectivity index (χ4v) is 1.38. The Labute approximate surface area is 112 Å². The van der Waals surface area contributed by atoms with Crippen molar-refractivity contribution in [3.63, 3.8) is 0 Å². The largest absolute Gasteiger partial charge is 0.516 e. The average Bonchev–Trinajstić information content (AvgIpc) is 2.27. The van der Waals surface area contributed by atoms with E-state index in [-0.39, 0.29) is 0 Å². The van der Waals surface area contributed by atoms with Crippen LogP contribution in [-0.2, 0) is 20.7 Å². The van der Waals surface area contributed by atoms with Crippen LogP contribution in [0.3, 0.4) is 0 Å². The quantitative estimate of drug-likeness (QED) is 0.668. The Hall–Kier alpha value is -1.88. The second-order valence-electron chi connectivity index (χ2n) is 5.18. The molecule has 0 spiro atoms. The number of ether oxygens (including phenoxy) is 2. The predicted octanol–water partition coefficient (Wildman–Crippen LogP) is 2.03. The van der Waals surface area contributed by atoms with Crippen molar-refractivity contribution in [1.29, 1.82) is 0 Å². The van der Waals surface area contributed by atoms with Crippen LogP contribution in [0.5, 0.6) is 0 Å². The third kappa shape index (κ3) is 6.01. The highest BCUT2D eigenvalue weighted by Gasteiger charge is 2.23. The fraction of sp³-hybridized carbons (Fsp3) is 0.429. The van der Waals surface area contributed by atoms with Crippen molar-refractivity contribution >= 4 is 12.1 Å². The van der Waals surface area contributed by atoms with Crippen molar-refractivity contribution in [1.82, 2.24) is 0 Å². The lowest BCUT2D eigenvalue weighted by Gasteiger charge is -2.19. The first kappa shape index (κ1) is 15.2. The van der Waals surface area contributed by atoms with Crippen molar-refractivity contribution in [2.75, 3.05) is 0 Å². The molecule has 0 aliphatic heterocycles. The first-order chi connectivity index (χ1) is 8.78. The standard InChI is InChI=1S/C14H19NO4/c1-14(2,3)19-13(17)18-12(16)11(15)9-10-7-5-4-6-8-10/h4-8,11H,9,15H2,1-3H3/t11-/m0/s1. The van der Waals surface area contributed by atoms with Crippen molar-refractivity contribution in [3.05, 3.63) is 35.9 Å². The van der Waals surface area contributed by atoms with E-state index in [1.165, 1.54) is 0 Å². The Morgan fingerprint density at radius 2 is 1.79 bits per heavy atom. The molecule has 104 valence electrons. The highest BCUT2D eigenvalue weighted by atomic mass is 16.7. The molecule has 0 heterocycles. The van der Waals surface area contributed by atoms with Crippen LogP contribution in [0.15, 0.2) is 30.3 Å². The van der Waals surface area contributed by atoms with Crippen LogP contribution in [0, 0.1) is 0 Å². The van der Waals surface area contributed by atoms with Crippen molar-refractivity contribution in [2.45, 2.75) is 38.8 Å². The zero-order valence-corrected chi connectivity index (χ0v) is 11.4. The number of nitrogens with two attached hydrogens (primary N) is 1. The first-order valence-corrected chi connectivity index (χ1v) is 6.02. The molecule has 1 aromatic carbocycles. The maximum Gasteiger partial charge on any atom is 0.516 e. The van der Waals surface area contributed by atoms with Crippen molar-refractivity contribution in [3.8, 4) is 0 Å². The van der Waals surface area contributed by atoms with Gasteiger partial charge in [0.15, 0.2) is 0 Å². The van der Waals surface area contributed by atoms with Gasteiger partial charge in [-0.25, -0.2) is 9.59 Å². The summed E-state index contributed by atoms with van der Waals surface area (Å²) in [6.07, 6.45) is -0.719. The normalized spacial score (nSPS) is 12.6. The van der Waals surface area contributed by atoms with E-state index in [2.05, 4.69) is 4.74 Å². The number of carbonyl (C=O) groups excluding carboxylic acids is 2. The topological polar surface area (TPSA) is 78.6 Å². The minimum atomic E-state index is -1.03. The van der Waals surface area contributed by atoms with Gasteiger partial charge in [-0.1, -0.05) is 30.3 Å². The van der Waals surface area contributed by atoms with Crippen LogP contribution in [-0.4, -0.2) is 23.8 Å². The number of hydrogen-bond acceptors (Lipinski definition) is 5. The summed E-state index contributed by atoms with van der Waals surface area (Å²) < 4.78 is 9.41. The summed E-state index contributed by atoms with van der Waals surface area (Å²) in [4.78, 5) is 22.9. The van der Waals surface area contributed by atoms with E-state index in [0.717, 1.165) is 5.56 Å². The molecule has 2 N–H and O–H groups in total. The molecule has 0 aromatic heterocycles. The molecule has 1 atom stereocenters. The lowest BCUT2D eigenvalue weighted by molar-refractivity contribution is -0.142. The summed E-state index contributed by atoms with van der Waals surface area (Å²) in [6, 6.07) is 8.37. The van der Waals surface area contributed by atoms with Gasteiger partial charge in [0.1, 0.15) is 11.6 Å². The Kier molecular flexibility index (Phi) is 5.06. The zero-order valence-electron chi connectivity index (χ0n) is 11.4. The number of rotatable bonds is 3. The van der Waals surface area contributed by atoms with Gasteiger partial charge in [-0.15, -0.1) is 0 Å². The summed E-state index contributed by atoms with van der Waals surface area (Å²) in [5, 5.41) is 0. The van der Waals surface area contributed by atoms with Crippen molar-refractivity contribution in [2.24, 2.45) is 5.73 Å². The fourth-order valence-electron chi connectivity index (χ4n) is 1.38. The molecule has 0 aliphatic carbocycles.